The molecule has 0 bridgehead atoms. The molecular formula is C16H22N4O2. The molecule has 1 unspecified atom stereocenters. The summed E-state index contributed by atoms with van der Waals surface area (Å²) in [4.78, 5) is 11.8. The van der Waals surface area contributed by atoms with E-state index < -0.39 is 0 Å². The van der Waals surface area contributed by atoms with Crippen molar-refractivity contribution in [2.45, 2.75) is 25.6 Å². The molecule has 2 rings (SSSR count). The Hall–Kier alpha value is -2.18. The molecule has 1 aromatic heterocycles. The number of carbonyl (C=O) groups is 1. The van der Waals surface area contributed by atoms with Crippen molar-refractivity contribution < 1.29 is 9.53 Å². The van der Waals surface area contributed by atoms with Crippen LogP contribution >= 0.6 is 0 Å². The van der Waals surface area contributed by atoms with Crippen LogP contribution in [0.5, 0.6) is 0 Å². The van der Waals surface area contributed by atoms with Gasteiger partial charge in [0.25, 0.3) is 0 Å². The number of nitrogens with two attached hydrogens (primary N) is 1. The van der Waals surface area contributed by atoms with E-state index in [1.807, 2.05) is 35.1 Å². The van der Waals surface area contributed by atoms with Crippen LogP contribution in [0.15, 0.2) is 42.7 Å². The highest BCUT2D eigenvalue weighted by Crippen LogP contribution is 2.07. The second-order valence-corrected chi connectivity index (χ2v) is 5.10. The third kappa shape index (κ3) is 4.98. The average Bonchev–Trinajstić information content (AvgIpc) is 3.04. The Balaban J connectivity index is 1.86. The molecule has 0 fully saturated rings. The minimum Gasteiger partial charge on any atom is -0.380 e. The van der Waals surface area contributed by atoms with Gasteiger partial charge < -0.3 is 15.8 Å². The zero-order valence-electron chi connectivity index (χ0n) is 12.7. The number of ether oxygens (including phenoxy) is 1. The smallest absolute Gasteiger partial charge is 0.222 e. The molecule has 0 saturated carbocycles. The summed E-state index contributed by atoms with van der Waals surface area (Å²) in [6.07, 6.45) is 3.73. The highest BCUT2D eigenvalue weighted by molar-refractivity contribution is 5.76. The number of benzene rings is 1. The minimum atomic E-state index is -0.230. The van der Waals surface area contributed by atoms with E-state index in [2.05, 4.69) is 16.5 Å². The maximum Gasteiger partial charge on any atom is 0.222 e. The fourth-order valence-corrected chi connectivity index (χ4v) is 2.16. The van der Waals surface area contributed by atoms with Crippen LogP contribution in [-0.4, -0.2) is 35.4 Å². The Labute approximate surface area is 130 Å². The summed E-state index contributed by atoms with van der Waals surface area (Å²) in [5.41, 5.74) is 7.71. The van der Waals surface area contributed by atoms with Gasteiger partial charge in [0.05, 0.1) is 19.1 Å². The molecule has 0 spiro atoms. The van der Waals surface area contributed by atoms with Crippen LogP contribution in [0, 0.1) is 0 Å². The van der Waals surface area contributed by atoms with Crippen molar-refractivity contribution in [3.05, 3.63) is 53.9 Å². The summed E-state index contributed by atoms with van der Waals surface area (Å²) in [6.45, 7) is 1.55. The average molecular weight is 302 g/mol. The van der Waals surface area contributed by atoms with E-state index in [0.717, 1.165) is 11.1 Å². The number of rotatable bonds is 8. The Morgan fingerprint density at radius 2 is 2.23 bits per heavy atom. The molecule has 1 atom stereocenters. The quantitative estimate of drug-likeness (QED) is 0.759. The van der Waals surface area contributed by atoms with Crippen LogP contribution in [0.25, 0.3) is 0 Å². The summed E-state index contributed by atoms with van der Waals surface area (Å²) in [6, 6.07) is 9.98. The summed E-state index contributed by atoms with van der Waals surface area (Å²) in [5, 5.41) is 7.08. The van der Waals surface area contributed by atoms with Crippen LogP contribution in [0.1, 0.15) is 17.5 Å². The monoisotopic (exact) mass is 302 g/mol. The van der Waals surface area contributed by atoms with Crippen LogP contribution in [0.2, 0.25) is 0 Å². The zero-order chi connectivity index (χ0) is 15.8. The number of hydrogen-bond donors (Lipinski definition) is 2. The second-order valence-electron chi connectivity index (χ2n) is 5.10. The van der Waals surface area contributed by atoms with Gasteiger partial charge in [-0.05, 0) is 17.2 Å². The van der Waals surface area contributed by atoms with E-state index in [0.29, 0.717) is 19.6 Å². The van der Waals surface area contributed by atoms with Gasteiger partial charge in [0.15, 0.2) is 0 Å². The van der Waals surface area contributed by atoms with Gasteiger partial charge in [0.2, 0.25) is 5.91 Å². The van der Waals surface area contributed by atoms with E-state index in [4.69, 9.17) is 10.5 Å². The number of carbonyl (C=O) groups excluding carboxylic acids is 1. The highest BCUT2D eigenvalue weighted by Gasteiger charge is 2.10. The normalized spacial score (nSPS) is 12.1. The van der Waals surface area contributed by atoms with E-state index in [9.17, 15) is 4.79 Å². The molecule has 118 valence electrons. The van der Waals surface area contributed by atoms with Gasteiger partial charge in [-0.15, -0.1) is 0 Å². The summed E-state index contributed by atoms with van der Waals surface area (Å²) in [5.74, 6) is -0.0604. The van der Waals surface area contributed by atoms with Gasteiger partial charge in [-0.25, -0.2) is 0 Å². The molecule has 0 aliphatic heterocycles. The van der Waals surface area contributed by atoms with E-state index >= 15 is 0 Å². The molecule has 3 N–H and O–H groups in total. The van der Waals surface area contributed by atoms with Gasteiger partial charge >= 0.3 is 0 Å². The molecular weight excluding hydrogens is 280 g/mol. The number of amides is 1. The van der Waals surface area contributed by atoms with Crippen LogP contribution in [0.4, 0.5) is 0 Å². The standard InChI is InChI=1S/C16H22N4O2/c1-22-15(10-17)9-16(21)18-11-13-4-2-5-14(8-13)12-20-7-3-6-19-20/h2-8,15H,9-12,17H2,1H3,(H,18,21). The predicted molar refractivity (Wildman–Crippen MR) is 84.1 cm³/mol. The van der Waals surface area contributed by atoms with Crippen LogP contribution < -0.4 is 11.1 Å². The Morgan fingerprint density at radius 1 is 1.41 bits per heavy atom. The highest BCUT2D eigenvalue weighted by atomic mass is 16.5. The number of hydrogen-bond acceptors (Lipinski definition) is 4. The molecule has 1 aromatic carbocycles. The summed E-state index contributed by atoms with van der Waals surface area (Å²) < 4.78 is 6.97. The first kappa shape index (κ1) is 16.2. The first-order valence-corrected chi connectivity index (χ1v) is 7.26. The van der Waals surface area contributed by atoms with Crippen molar-refractivity contribution >= 4 is 5.91 Å². The molecule has 1 heterocycles. The summed E-state index contributed by atoms with van der Waals surface area (Å²) >= 11 is 0. The van der Waals surface area contributed by atoms with Crippen molar-refractivity contribution in [2.75, 3.05) is 13.7 Å². The van der Waals surface area contributed by atoms with Gasteiger partial charge in [-0.2, -0.15) is 5.10 Å². The third-order valence-corrected chi connectivity index (χ3v) is 3.39. The maximum absolute atomic E-state index is 11.8. The number of nitrogens with zero attached hydrogens (tertiary/aromatic N) is 2. The fraction of sp³-hybridized carbons (Fsp3) is 0.375. The van der Waals surface area contributed by atoms with Gasteiger partial charge in [-0.1, -0.05) is 24.3 Å². The lowest BCUT2D eigenvalue weighted by Crippen LogP contribution is -2.31. The number of nitrogens with one attached hydrogen (secondary N) is 1. The second kappa shape index (κ2) is 8.31. The van der Waals surface area contributed by atoms with Crippen molar-refractivity contribution in [3.8, 4) is 0 Å². The molecule has 1 amide bonds. The number of methoxy groups -OCH3 is 1. The zero-order valence-corrected chi connectivity index (χ0v) is 12.7. The van der Waals surface area contributed by atoms with Crippen molar-refractivity contribution in [2.24, 2.45) is 5.73 Å². The SMILES string of the molecule is COC(CN)CC(=O)NCc1cccc(Cn2cccn2)c1. The van der Waals surface area contributed by atoms with Crippen LogP contribution in [-0.2, 0) is 22.6 Å². The Kier molecular flexibility index (Phi) is 6.12. The van der Waals surface area contributed by atoms with Crippen LogP contribution in [0.3, 0.4) is 0 Å². The van der Waals surface area contributed by atoms with E-state index in [1.165, 1.54) is 0 Å². The lowest BCUT2D eigenvalue weighted by atomic mass is 10.1. The minimum absolute atomic E-state index is 0.0604. The first-order valence-electron chi connectivity index (χ1n) is 7.26. The summed E-state index contributed by atoms with van der Waals surface area (Å²) in [7, 11) is 1.56. The van der Waals surface area contributed by atoms with Gasteiger partial charge in [0, 0.05) is 32.6 Å². The molecule has 2 aromatic rings. The molecule has 0 aliphatic rings. The molecule has 22 heavy (non-hydrogen) atoms. The lowest BCUT2D eigenvalue weighted by Gasteiger charge is -2.13. The Bertz CT molecular complexity index is 580. The third-order valence-electron chi connectivity index (χ3n) is 3.39. The number of aromatic nitrogens is 2. The molecule has 6 nitrogen and oxygen atoms in total. The Morgan fingerprint density at radius 3 is 2.91 bits per heavy atom. The maximum atomic E-state index is 11.8. The fourth-order valence-electron chi connectivity index (χ4n) is 2.16. The lowest BCUT2D eigenvalue weighted by molar-refractivity contribution is -0.123. The predicted octanol–water partition coefficient (Wildman–Crippen LogP) is 0.911. The first-order chi connectivity index (χ1) is 10.7. The molecule has 0 aliphatic carbocycles. The van der Waals surface area contributed by atoms with Crippen molar-refractivity contribution in [1.29, 1.82) is 0 Å². The van der Waals surface area contributed by atoms with Gasteiger partial charge in [0.1, 0.15) is 0 Å². The van der Waals surface area contributed by atoms with Crippen molar-refractivity contribution in [3.63, 3.8) is 0 Å². The molecule has 0 saturated heterocycles. The van der Waals surface area contributed by atoms with Crippen molar-refractivity contribution in [1.82, 2.24) is 15.1 Å². The molecule has 6 heteroatoms. The largest absolute Gasteiger partial charge is 0.380 e. The van der Waals surface area contributed by atoms with Gasteiger partial charge in [-0.3, -0.25) is 9.48 Å². The van der Waals surface area contributed by atoms with E-state index in [1.54, 1.807) is 13.3 Å². The van der Waals surface area contributed by atoms with E-state index in [-0.39, 0.29) is 18.4 Å². The topological polar surface area (TPSA) is 82.2 Å². The molecule has 0 radical (unpaired) electrons.